The molecule has 1 atom stereocenters. The fraction of sp³-hybridized carbons (Fsp3) is 0.733. The molecule has 0 spiro atoms. The smallest absolute Gasteiger partial charge is 0.136 e. The van der Waals surface area contributed by atoms with Crippen LogP contribution in [-0.4, -0.2) is 30.2 Å². The number of aromatic nitrogens is 2. The summed E-state index contributed by atoms with van der Waals surface area (Å²) >= 11 is 0. The standard InChI is InChI=1S/C15H27N3O/c1-6-7-16-14-9-13(8-11(2)3)17-15(18-14)12(4)10-19-5/h9,11-12H,6-8,10H2,1-5H3,(H,16,17,18). The highest BCUT2D eigenvalue weighted by Gasteiger charge is 2.12. The van der Waals surface area contributed by atoms with E-state index in [4.69, 9.17) is 4.74 Å². The molecule has 1 aromatic heterocycles. The maximum absolute atomic E-state index is 5.20. The molecule has 4 heteroatoms. The molecule has 0 aliphatic heterocycles. The minimum absolute atomic E-state index is 0.222. The van der Waals surface area contributed by atoms with Gasteiger partial charge in [0.25, 0.3) is 0 Å². The molecule has 0 aliphatic rings. The van der Waals surface area contributed by atoms with Crippen LogP contribution in [0.1, 0.15) is 51.6 Å². The predicted molar refractivity (Wildman–Crippen MR) is 79.6 cm³/mol. The Morgan fingerprint density at radius 1 is 1.26 bits per heavy atom. The van der Waals surface area contributed by atoms with E-state index in [1.807, 2.05) is 0 Å². The van der Waals surface area contributed by atoms with Crippen LogP contribution in [0.5, 0.6) is 0 Å². The molecule has 0 saturated carbocycles. The monoisotopic (exact) mass is 265 g/mol. The van der Waals surface area contributed by atoms with E-state index < -0.39 is 0 Å². The Kier molecular flexibility index (Phi) is 6.78. The number of ether oxygens (including phenoxy) is 1. The van der Waals surface area contributed by atoms with Gasteiger partial charge in [0.05, 0.1) is 6.61 Å². The number of anilines is 1. The molecule has 1 heterocycles. The van der Waals surface area contributed by atoms with Crippen LogP contribution in [0.15, 0.2) is 6.07 Å². The van der Waals surface area contributed by atoms with Crippen LogP contribution in [0.2, 0.25) is 0 Å². The Bertz CT molecular complexity index is 380. The summed E-state index contributed by atoms with van der Waals surface area (Å²) < 4.78 is 5.20. The molecule has 1 unspecified atom stereocenters. The number of methoxy groups -OCH3 is 1. The summed E-state index contributed by atoms with van der Waals surface area (Å²) in [7, 11) is 1.71. The minimum Gasteiger partial charge on any atom is -0.384 e. The van der Waals surface area contributed by atoms with Gasteiger partial charge in [-0.25, -0.2) is 9.97 Å². The first-order valence-electron chi connectivity index (χ1n) is 7.17. The summed E-state index contributed by atoms with van der Waals surface area (Å²) in [6.07, 6.45) is 2.07. The van der Waals surface area contributed by atoms with E-state index in [1.54, 1.807) is 7.11 Å². The molecule has 0 bridgehead atoms. The van der Waals surface area contributed by atoms with Crippen LogP contribution in [0.3, 0.4) is 0 Å². The fourth-order valence-corrected chi connectivity index (χ4v) is 1.93. The molecule has 1 rings (SSSR count). The summed E-state index contributed by atoms with van der Waals surface area (Å²) in [5.74, 6) is 2.63. The molecule has 0 aromatic carbocycles. The topological polar surface area (TPSA) is 47.0 Å². The van der Waals surface area contributed by atoms with Crippen LogP contribution in [0.4, 0.5) is 5.82 Å². The van der Waals surface area contributed by atoms with Crippen molar-refractivity contribution in [3.8, 4) is 0 Å². The molecule has 19 heavy (non-hydrogen) atoms. The van der Waals surface area contributed by atoms with Gasteiger partial charge in [0, 0.05) is 31.3 Å². The number of hydrogen-bond acceptors (Lipinski definition) is 4. The Morgan fingerprint density at radius 2 is 2.00 bits per heavy atom. The summed E-state index contributed by atoms with van der Waals surface area (Å²) in [6, 6.07) is 2.07. The van der Waals surface area contributed by atoms with Crippen LogP contribution >= 0.6 is 0 Å². The number of nitrogens with zero attached hydrogens (tertiary/aromatic N) is 2. The van der Waals surface area contributed by atoms with Crippen LogP contribution in [-0.2, 0) is 11.2 Å². The molecule has 0 saturated heterocycles. The summed E-state index contributed by atoms with van der Waals surface area (Å²) in [6.45, 7) is 10.3. The van der Waals surface area contributed by atoms with E-state index in [-0.39, 0.29) is 5.92 Å². The van der Waals surface area contributed by atoms with E-state index in [2.05, 4.69) is 49.0 Å². The largest absolute Gasteiger partial charge is 0.384 e. The SMILES string of the molecule is CCCNc1cc(CC(C)C)nc(C(C)COC)n1. The first kappa shape index (κ1) is 15.9. The van der Waals surface area contributed by atoms with Crippen molar-refractivity contribution in [2.24, 2.45) is 5.92 Å². The molecular formula is C15H27N3O. The highest BCUT2D eigenvalue weighted by atomic mass is 16.5. The van der Waals surface area contributed by atoms with Crippen LogP contribution in [0.25, 0.3) is 0 Å². The van der Waals surface area contributed by atoms with Crippen molar-refractivity contribution in [1.82, 2.24) is 9.97 Å². The maximum Gasteiger partial charge on any atom is 0.136 e. The second kappa shape index (κ2) is 8.10. The lowest BCUT2D eigenvalue weighted by Gasteiger charge is -2.14. The van der Waals surface area contributed by atoms with Crippen molar-refractivity contribution < 1.29 is 4.74 Å². The lowest BCUT2D eigenvalue weighted by atomic mass is 10.1. The molecule has 0 aliphatic carbocycles. The average Bonchev–Trinajstić information content (AvgIpc) is 2.35. The second-order valence-electron chi connectivity index (χ2n) is 5.48. The van der Waals surface area contributed by atoms with Gasteiger partial charge in [-0.2, -0.15) is 0 Å². The number of nitrogens with one attached hydrogen (secondary N) is 1. The van der Waals surface area contributed by atoms with Gasteiger partial charge in [0.2, 0.25) is 0 Å². The van der Waals surface area contributed by atoms with E-state index in [0.29, 0.717) is 12.5 Å². The molecule has 1 aromatic rings. The summed E-state index contributed by atoms with van der Waals surface area (Å²) in [4.78, 5) is 9.26. The van der Waals surface area contributed by atoms with Crippen LogP contribution in [0, 0.1) is 5.92 Å². The first-order valence-corrected chi connectivity index (χ1v) is 7.17. The van der Waals surface area contributed by atoms with Crippen LogP contribution < -0.4 is 5.32 Å². The highest BCUT2D eigenvalue weighted by Crippen LogP contribution is 2.17. The van der Waals surface area contributed by atoms with Crippen molar-refractivity contribution >= 4 is 5.82 Å². The highest BCUT2D eigenvalue weighted by molar-refractivity contribution is 5.36. The van der Waals surface area contributed by atoms with Gasteiger partial charge in [-0.05, 0) is 18.8 Å². The molecule has 0 radical (unpaired) electrons. The van der Waals surface area contributed by atoms with Gasteiger partial charge in [-0.1, -0.05) is 27.7 Å². The van der Waals surface area contributed by atoms with Gasteiger partial charge in [0.15, 0.2) is 0 Å². The van der Waals surface area contributed by atoms with Crippen molar-refractivity contribution in [2.75, 3.05) is 25.6 Å². The lowest BCUT2D eigenvalue weighted by Crippen LogP contribution is -2.12. The Hall–Kier alpha value is -1.16. The first-order chi connectivity index (χ1) is 9.06. The van der Waals surface area contributed by atoms with Crippen molar-refractivity contribution in [3.05, 3.63) is 17.6 Å². The van der Waals surface area contributed by atoms with Gasteiger partial charge < -0.3 is 10.1 Å². The van der Waals surface area contributed by atoms with Crippen molar-refractivity contribution in [2.45, 2.75) is 46.5 Å². The third-order valence-electron chi connectivity index (χ3n) is 2.83. The van der Waals surface area contributed by atoms with E-state index in [9.17, 15) is 0 Å². The third kappa shape index (κ3) is 5.55. The van der Waals surface area contributed by atoms with Gasteiger partial charge in [-0.15, -0.1) is 0 Å². The van der Waals surface area contributed by atoms with Gasteiger partial charge in [0.1, 0.15) is 11.6 Å². The third-order valence-corrected chi connectivity index (χ3v) is 2.83. The Morgan fingerprint density at radius 3 is 2.58 bits per heavy atom. The Balaban J connectivity index is 2.94. The molecule has 4 nitrogen and oxygen atoms in total. The molecular weight excluding hydrogens is 238 g/mol. The summed E-state index contributed by atoms with van der Waals surface area (Å²) in [5.41, 5.74) is 1.11. The van der Waals surface area contributed by atoms with Crippen molar-refractivity contribution in [3.63, 3.8) is 0 Å². The zero-order chi connectivity index (χ0) is 14.3. The molecule has 108 valence electrons. The number of rotatable bonds is 8. The number of hydrogen-bond donors (Lipinski definition) is 1. The molecule has 1 N–H and O–H groups in total. The fourth-order valence-electron chi connectivity index (χ4n) is 1.93. The maximum atomic E-state index is 5.20. The van der Waals surface area contributed by atoms with E-state index >= 15 is 0 Å². The predicted octanol–water partition coefficient (Wildman–Crippen LogP) is 3.25. The molecule has 0 fully saturated rings. The lowest BCUT2D eigenvalue weighted by molar-refractivity contribution is 0.181. The van der Waals surface area contributed by atoms with Gasteiger partial charge in [-0.3, -0.25) is 0 Å². The summed E-state index contributed by atoms with van der Waals surface area (Å²) in [5, 5.41) is 3.35. The zero-order valence-electron chi connectivity index (χ0n) is 12.9. The average molecular weight is 265 g/mol. The second-order valence-corrected chi connectivity index (χ2v) is 5.48. The zero-order valence-corrected chi connectivity index (χ0v) is 12.9. The normalized spacial score (nSPS) is 12.7. The Labute approximate surface area is 117 Å². The minimum atomic E-state index is 0.222. The molecule has 0 amide bonds. The quantitative estimate of drug-likeness (QED) is 0.784. The van der Waals surface area contributed by atoms with Gasteiger partial charge >= 0.3 is 0 Å². The van der Waals surface area contributed by atoms with E-state index in [0.717, 1.165) is 36.7 Å². The van der Waals surface area contributed by atoms with Crippen molar-refractivity contribution in [1.29, 1.82) is 0 Å². The van der Waals surface area contributed by atoms with E-state index in [1.165, 1.54) is 0 Å².